The highest BCUT2D eigenvalue weighted by Gasteiger charge is 2.25. The van der Waals surface area contributed by atoms with E-state index in [0.717, 1.165) is 0 Å². The molecule has 0 fully saturated rings. The monoisotopic (exact) mass is 358 g/mol. The summed E-state index contributed by atoms with van der Waals surface area (Å²) in [5.74, 6) is -1.16. The average Bonchev–Trinajstić information content (AvgIpc) is 2.60. The number of nitrogens with zero attached hydrogens (tertiary/aromatic N) is 1. The molecule has 0 radical (unpaired) electrons. The molecular formula is C20H23FN2O3. The molecular weight excluding hydrogens is 335 g/mol. The Labute approximate surface area is 152 Å². The molecule has 138 valence electrons. The second kappa shape index (κ2) is 8.08. The van der Waals surface area contributed by atoms with E-state index in [1.165, 1.54) is 18.2 Å². The number of hydrogen-bond donors (Lipinski definition) is 1. The minimum absolute atomic E-state index is 0.194. The lowest BCUT2D eigenvalue weighted by molar-refractivity contribution is 0.0524. The quantitative estimate of drug-likeness (QED) is 0.804. The normalized spacial score (nSPS) is 11.1. The smallest absolute Gasteiger partial charge is 0.339 e. The van der Waals surface area contributed by atoms with Crippen molar-refractivity contribution in [3.63, 3.8) is 0 Å². The zero-order valence-corrected chi connectivity index (χ0v) is 15.4. The van der Waals surface area contributed by atoms with Crippen molar-refractivity contribution in [1.82, 2.24) is 10.3 Å². The Morgan fingerprint density at radius 3 is 2.50 bits per heavy atom. The molecule has 1 N–H and O–H groups in total. The van der Waals surface area contributed by atoms with Crippen molar-refractivity contribution >= 4 is 11.9 Å². The minimum atomic E-state index is -0.582. The highest BCUT2D eigenvalue weighted by atomic mass is 19.1. The zero-order chi connectivity index (χ0) is 19.3. The molecule has 0 saturated heterocycles. The van der Waals surface area contributed by atoms with Crippen molar-refractivity contribution in [3.8, 4) is 0 Å². The fourth-order valence-electron chi connectivity index (χ4n) is 2.61. The summed E-state index contributed by atoms with van der Waals surface area (Å²) >= 11 is 0. The third-order valence-electron chi connectivity index (χ3n) is 4.11. The summed E-state index contributed by atoms with van der Waals surface area (Å²) in [4.78, 5) is 28.4. The van der Waals surface area contributed by atoms with Gasteiger partial charge < -0.3 is 10.1 Å². The number of carbonyl (C=O) groups is 2. The highest BCUT2D eigenvalue weighted by molar-refractivity contribution is 5.95. The maximum absolute atomic E-state index is 14.0. The molecule has 0 atom stereocenters. The molecule has 6 heteroatoms. The largest absolute Gasteiger partial charge is 0.462 e. The van der Waals surface area contributed by atoms with Gasteiger partial charge in [0.15, 0.2) is 0 Å². The Balaban J connectivity index is 2.09. The third-order valence-corrected chi connectivity index (χ3v) is 4.11. The SMILES string of the molecule is CCOC(=O)c1ccc(C(=O)NCC(C)(C)c2ccccc2F)nc1C. The number of esters is 1. The predicted molar refractivity (Wildman–Crippen MR) is 96.7 cm³/mol. The maximum Gasteiger partial charge on any atom is 0.339 e. The fourth-order valence-corrected chi connectivity index (χ4v) is 2.61. The molecule has 0 saturated carbocycles. The predicted octanol–water partition coefficient (Wildman–Crippen LogP) is 3.41. The van der Waals surface area contributed by atoms with E-state index in [2.05, 4.69) is 10.3 Å². The third kappa shape index (κ3) is 4.45. The molecule has 0 unspecified atom stereocenters. The minimum Gasteiger partial charge on any atom is -0.462 e. The Morgan fingerprint density at radius 2 is 1.88 bits per heavy atom. The topological polar surface area (TPSA) is 68.3 Å². The van der Waals surface area contributed by atoms with Gasteiger partial charge in [-0.1, -0.05) is 32.0 Å². The van der Waals surface area contributed by atoms with Crippen LogP contribution in [0.25, 0.3) is 0 Å². The van der Waals surface area contributed by atoms with Crippen LogP contribution >= 0.6 is 0 Å². The van der Waals surface area contributed by atoms with Gasteiger partial charge in [-0.25, -0.2) is 14.2 Å². The Morgan fingerprint density at radius 1 is 1.19 bits per heavy atom. The van der Waals surface area contributed by atoms with E-state index in [-0.39, 0.29) is 30.6 Å². The number of benzene rings is 1. The number of hydrogen-bond acceptors (Lipinski definition) is 4. The lowest BCUT2D eigenvalue weighted by Gasteiger charge is -2.26. The first-order chi connectivity index (χ1) is 12.3. The molecule has 0 aliphatic rings. The average molecular weight is 358 g/mol. The number of nitrogens with one attached hydrogen (secondary N) is 1. The summed E-state index contributed by atoms with van der Waals surface area (Å²) in [5.41, 5.74) is 0.891. The molecule has 1 aromatic heterocycles. The van der Waals surface area contributed by atoms with E-state index in [1.807, 2.05) is 13.8 Å². The molecule has 2 aromatic rings. The Bertz CT molecular complexity index is 818. The van der Waals surface area contributed by atoms with Gasteiger partial charge in [-0.15, -0.1) is 0 Å². The van der Waals surface area contributed by atoms with Crippen molar-refractivity contribution in [1.29, 1.82) is 0 Å². The van der Waals surface area contributed by atoms with Gasteiger partial charge in [-0.05, 0) is 37.6 Å². The van der Waals surface area contributed by atoms with Crippen molar-refractivity contribution in [2.24, 2.45) is 0 Å². The van der Waals surface area contributed by atoms with Gasteiger partial charge in [0.05, 0.1) is 17.9 Å². The second-order valence-corrected chi connectivity index (χ2v) is 6.60. The number of rotatable bonds is 6. The Hall–Kier alpha value is -2.76. The molecule has 0 aliphatic carbocycles. The van der Waals surface area contributed by atoms with Crippen LogP contribution in [0.3, 0.4) is 0 Å². The number of ether oxygens (including phenoxy) is 1. The number of aromatic nitrogens is 1. The van der Waals surface area contributed by atoms with Crippen LogP contribution in [0.1, 0.15) is 52.9 Å². The number of pyridine rings is 1. The van der Waals surface area contributed by atoms with Crippen LogP contribution < -0.4 is 5.32 Å². The van der Waals surface area contributed by atoms with Crippen molar-refractivity contribution in [2.75, 3.05) is 13.2 Å². The molecule has 2 rings (SSSR count). The molecule has 0 bridgehead atoms. The van der Waals surface area contributed by atoms with Crippen LogP contribution in [-0.2, 0) is 10.2 Å². The van der Waals surface area contributed by atoms with E-state index in [1.54, 1.807) is 32.0 Å². The molecule has 0 spiro atoms. The Kier molecular flexibility index (Phi) is 6.08. The van der Waals surface area contributed by atoms with Gasteiger partial charge in [0.1, 0.15) is 11.5 Å². The molecule has 1 amide bonds. The molecule has 26 heavy (non-hydrogen) atoms. The van der Waals surface area contributed by atoms with Gasteiger partial charge >= 0.3 is 5.97 Å². The second-order valence-electron chi connectivity index (χ2n) is 6.60. The molecule has 1 aromatic carbocycles. The van der Waals surface area contributed by atoms with Crippen molar-refractivity contribution in [2.45, 2.75) is 33.1 Å². The number of halogens is 1. The summed E-state index contributed by atoms with van der Waals surface area (Å²) in [5, 5.41) is 2.78. The van der Waals surface area contributed by atoms with Gasteiger partial charge in [0.2, 0.25) is 0 Å². The van der Waals surface area contributed by atoms with E-state index >= 15 is 0 Å². The number of amides is 1. The first-order valence-corrected chi connectivity index (χ1v) is 8.44. The molecule has 1 heterocycles. The van der Waals surface area contributed by atoms with Gasteiger partial charge in [0, 0.05) is 12.0 Å². The fraction of sp³-hybridized carbons (Fsp3) is 0.350. The van der Waals surface area contributed by atoms with Crippen LogP contribution in [0.4, 0.5) is 4.39 Å². The first kappa shape index (κ1) is 19.6. The zero-order valence-electron chi connectivity index (χ0n) is 15.4. The maximum atomic E-state index is 14.0. The standard InChI is InChI=1S/C20H23FN2O3/c1-5-26-19(25)14-10-11-17(23-13(14)2)18(24)22-12-20(3,4)15-8-6-7-9-16(15)21/h6-11H,5,12H2,1-4H3,(H,22,24). The van der Waals surface area contributed by atoms with Crippen LogP contribution in [0.15, 0.2) is 36.4 Å². The summed E-state index contributed by atoms with van der Waals surface area (Å²) in [6, 6.07) is 9.50. The lowest BCUT2D eigenvalue weighted by Crippen LogP contribution is -2.37. The number of aryl methyl sites for hydroxylation is 1. The van der Waals surface area contributed by atoms with E-state index in [0.29, 0.717) is 16.8 Å². The summed E-state index contributed by atoms with van der Waals surface area (Å²) < 4.78 is 18.9. The summed E-state index contributed by atoms with van der Waals surface area (Å²) in [6.45, 7) is 7.59. The number of carbonyl (C=O) groups excluding carboxylic acids is 2. The van der Waals surface area contributed by atoms with Crippen LogP contribution in [-0.4, -0.2) is 30.0 Å². The summed E-state index contributed by atoms with van der Waals surface area (Å²) in [7, 11) is 0. The highest BCUT2D eigenvalue weighted by Crippen LogP contribution is 2.24. The van der Waals surface area contributed by atoms with Crippen molar-refractivity contribution in [3.05, 3.63) is 64.7 Å². The van der Waals surface area contributed by atoms with Crippen LogP contribution in [0.5, 0.6) is 0 Å². The van der Waals surface area contributed by atoms with Crippen molar-refractivity contribution < 1.29 is 18.7 Å². The first-order valence-electron chi connectivity index (χ1n) is 8.44. The summed E-state index contributed by atoms with van der Waals surface area (Å²) in [6.07, 6.45) is 0. The van der Waals surface area contributed by atoms with Gasteiger partial charge in [-0.2, -0.15) is 0 Å². The molecule has 5 nitrogen and oxygen atoms in total. The van der Waals surface area contributed by atoms with E-state index in [9.17, 15) is 14.0 Å². The van der Waals surface area contributed by atoms with Gasteiger partial charge in [-0.3, -0.25) is 4.79 Å². The van der Waals surface area contributed by atoms with E-state index < -0.39 is 11.4 Å². The van der Waals surface area contributed by atoms with Crippen LogP contribution in [0.2, 0.25) is 0 Å². The molecule has 0 aliphatic heterocycles. The van der Waals surface area contributed by atoms with Gasteiger partial charge in [0.25, 0.3) is 5.91 Å². The van der Waals surface area contributed by atoms with E-state index in [4.69, 9.17) is 4.74 Å². The lowest BCUT2D eigenvalue weighted by atomic mass is 9.84. The van der Waals surface area contributed by atoms with Crippen LogP contribution in [0, 0.1) is 12.7 Å².